The Morgan fingerprint density at radius 1 is 1.04 bits per heavy atom. The second-order valence-electron chi connectivity index (χ2n) is 6.19. The molecule has 1 N–H and O–H groups in total. The highest BCUT2D eigenvalue weighted by atomic mass is 16.5. The molecule has 1 aromatic rings. The lowest BCUT2D eigenvalue weighted by Crippen LogP contribution is -2.35. The molecular weight excluding hydrogens is 292 g/mol. The largest absolute Gasteiger partial charge is 0.478 e. The molecule has 4 nitrogen and oxygen atoms in total. The maximum absolute atomic E-state index is 12.8. The van der Waals surface area contributed by atoms with Crippen LogP contribution in [0, 0.1) is 19.3 Å². The lowest BCUT2D eigenvalue weighted by atomic mass is 9.73. The minimum atomic E-state index is -0.986. The summed E-state index contributed by atoms with van der Waals surface area (Å²) < 4.78 is 5.63. The van der Waals surface area contributed by atoms with E-state index < -0.39 is 11.4 Å². The SMILES string of the molecule is CC1=CCC=C(C)C1(C)C(=O)Oc1ccc(C(=O)O)c(C)c1C. The van der Waals surface area contributed by atoms with Crippen molar-refractivity contribution in [1.82, 2.24) is 0 Å². The molecular formula is C19H22O4. The van der Waals surface area contributed by atoms with Crippen LogP contribution in [0.2, 0.25) is 0 Å². The van der Waals surface area contributed by atoms with Crippen LogP contribution in [0.25, 0.3) is 0 Å². The minimum Gasteiger partial charge on any atom is -0.478 e. The van der Waals surface area contributed by atoms with Gasteiger partial charge >= 0.3 is 11.9 Å². The van der Waals surface area contributed by atoms with Crippen LogP contribution < -0.4 is 4.74 Å². The summed E-state index contributed by atoms with van der Waals surface area (Å²) in [4.78, 5) is 23.9. The van der Waals surface area contributed by atoms with E-state index in [4.69, 9.17) is 9.84 Å². The molecule has 2 rings (SSSR count). The summed E-state index contributed by atoms with van der Waals surface area (Å²) in [6.07, 6.45) is 4.88. The van der Waals surface area contributed by atoms with Gasteiger partial charge in [-0.05, 0) is 64.3 Å². The number of esters is 1. The fourth-order valence-electron chi connectivity index (χ4n) is 2.79. The van der Waals surface area contributed by atoms with Gasteiger partial charge in [-0.25, -0.2) is 4.79 Å². The Kier molecular flexibility index (Phi) is 4.46. The third-order valence-electron chi connectivity index (χ3n) is 5.00. The summed E-state index contributed by atoms with van der Waals surface area (Å²) in [6.45, 7) is 9.21. The molecule has 0 bridgehead atoms. The number of rotatable bonds is 3. The lowest BCUT2D eigenvalue weighted by Gasteiger charge is -2.32. The molecule has 0 heterocycles. The zero-order chi connectivity index (χ0) is 17.4. The number of carboxylic acid groups (broad SMARTS) is 1. The minimum absolute atomic E-state index is 0.221. The van der Waals surface area contributed by atoms with E-state index in [0.29, 0.717) is 16.9 Å². The molecule has 23 heavy (non-hydrogen) atoms. The van der Waals surface area contributed by atoms with Crippen molar-refractivity contribution >= 4 is 11.9 Å². The van der Waals surface area contributed by atoms with Gasteiger partial charge in [0.2, 0.25) is 0 Å². The number of hydrogen-bond acceptors (Lipinski definition) is 3. The molecule has 0 atom stereocenters. The molecule has 1 aromatic carbocycles. The molecule has 0 aromatic heterocycles. The van der Waals surface area contributed by atoms with Crippen molar-refractivity contribution in [2.24, 2.45) is 5.41 Å². The van der Waals surface area contributed by atoms with Crippen molar-refractivity contribution in [3.05, 3.63) is 52.1 Å². The molecule has 0 unspecified atom stereocenters. The van der Waals surface area contributed by atoms with Crippen LogP contribution in [0.3, 0.4) is 0 Å². The van der Waals surface area contributed by atoms with Crippen LogP contribution in [-0.4, -0.2) is 17.0 Å². The highest BCUT2D eigenvalue weighted by molar-refractivity contribution is 5.91. The first kappa shape index (κ1) is 17.0. The van der Waals surface area contributed by atoms with E-state index in [1.165, 1.54) is 6.07 Å². The fourth-order valence-corrected chi connectivity index (χ4v) is 2.79. The molecule has 0 saturated carbocycles. The number of hydrogen-bond donors (Lipinski definition) is 1. The first-order valence-electron chi connectivity index (χ1n) is 7.59. The molecule has 0 amide bonds. The smallest absolute Gasteiger partial charge is 0.335 e. The Balaban J connectivity index is 2.36. The topological polar surface area (TPSA) is 63.6 Å². The van der Waals surface area contributed by atoms with E-state index in [9.17, 15) is 9.59 Å². The number of carbonyl (C=O) groups excluding carboxylic acids is 1. The van der Waals surface area contributed by atoms with Crippen molar-refractivity contribution in [2.75, 3.05) is 0 Å². The second-order valence-corrected chi connectivity index (χ2v) is 6.19. The van der Waals surface area contributed by atoms with Crippen molar-refractivity contribution in [3.63, 3.8) is 0 Å². The zero-order valence-corrected chi connectivity index (χ0v) is 14.2. The van der Waals surface area contributed by atoms with Gasteiger partial charge in [0.1, 0.15) is 11.2 Å². The van der Waals surface area contributed by atoms with Crippen LogP contribution in [0.5, 0.6) is 5.75 Å². The third kappa shape index (κ3) is 2.81. The monoisotopic (exact) mass is 314 g/mol. The molecule has 0 fully saturated rings. The van der Waals surface area contributed by atoms with Gasteiger partial charge in [0.05, 0.1) is 5.56 Å². The molecule has 4 heteroatoms. The maximum atomic E-state index is 12.8. The van der Waals surface area contributed by atoms with Crippen LogP contribution in [-0.2, 0) is 4.79 Å². The summed E-state index contributed by atoms with van der Waals surface area (Å²) >= 11 is 0. The highest BCUT2D eigenvalue weighted by Gasteiger charge is 2.40. The number of carbonyl (C=O) groups is 2. The summed E-state index contributed by atoms with van der Waals surface area (Å²) in [5.41, 5.74) is 2.66. The summed E-state index contributed by atoms with van der Waals surface area (Å²) in [6, 6.07) is 3.02. The van der Waals surface area contributed by atoms with Gasteiger partial charge in [-0.3, -0.25) is 4.79 Å². The van der Waals surface area contributed by atoms with E-state index in [1.54, 1.807) is 19.9 Å². The van der Waals surface area contributed by atoms with Crippen molar-refractivity contribution in [2.45, 2.75) is 41.0 Å². The molecule has 0 aliphatic heterocycles. The van der Waals surface area contributed by atoms with Gasteiger partial charge in [0.15, 0.2) is 0 Å². The van der Waals surface area contributed by atoms with Crippen LogP contribution >= 0.6 is 0 Å². The Labute approximate surface area is 136 Å². The number of carboxylic acids is 1. The van der Waals surface area contributed by atoms with Crippen molar-refractivity contribution in [1.29, 1.82) is 0 Å². The average Bonchev–Trinajstić information content (AvgIpc) is 2.49. The number of allylic oxidation sites excluding steroid dienone is 2. The molecule has 1 aliphatic rings. The molecule has 0 saturated heterocycles. The van der Waals surface area contributed by atoms with Crippen LogP contribution in [0.4, 0.5) is 0 Å². The normalized spacial score (nSPS) is 16.4. The van der Waals surface area contributed by atoms with Gasteiger partial charge in [0.25, 0.3) is 0 Å². The Hall–Kier alpha value is -2.36. The standard InChI is InChI=1S/C19H22O4/c1-11-7-6-8-12(2)19(11,5)18(22)23-16-10-9-15(17(20)21)13(3)14(16)4/h7-10H,6H2,1-5H3,(H,20,21). The van der Waals surface area contributed by atoms with Crippen molar-refractivity contribution < 1.29 is 19.4 Å². The predicted octanol–water partition coefficient (Wildman–Crippen LogP) is 4.21. The highest BCUT2D eigenvalue weighted by Crippen LogP contribution is 2.40. The van der Waals surface area contributed by atoms with E-state index >= 15 is 0 Å². The van der Waals surface area contributed by atoms with Crippen LogP contribution in [0.15, 0.2) is 35.4 Å². The summed E-state index contributed by atoms with van der Waals surface area (Å²) in [5.74, 6) is -0.921. The number of aromatic carboxylic acids is 1. The summed E-state index contributed by atoms with van der Waals surface area (Å²) in [7, 11) is 0. The lowest BCUT2D eigenvalue weighted by molar-refractivity contribution is -0.141. The quantitative estimate of drug-likeness (QED) is 0.516. The second kappa shape index (κ2) is 6.03. The third-order valence-corrected chi connectivity index (χ3v) is 5.00. The summed E-state index contributed by atoms with van der Waals surface area (Å²) in [5, 5.41) is 9.15. The molecule has 0 radical (unpaired) electrons. The van der Waals surface area contributed by atoms with Gasteiger partial charge in [-0.1, -0.05) is 23.3 Å². The number of benzene rings is 1. The molecule has 0 spiro atoms. The van der Waals surface area contributed by atoms with Crippen molar-refractivity contribution in [3.8, 4) is 5.75 Å². The van der Waals surface area contributed by atoms with Crippen LogP contribution in [0.1, 0.15) is 48.7 Å². The van der Waals surface area contributed by atoms with E-state index in [2.05, 4.69) is 0 Å². The first-order valence-corrected chi connectivity index (χ1v) is 7.59. The maximum Gasteiger partial charge on any atom is 0.335 e. The van der Waals surface area contributed by atoms with E-state index in [0.717, 1.165) is 17.6 Å². The zero-order valence-electron chi connectivity index (χ0n) is 14.2. The molecule has 1 aliphatic carbocycles. The molecule has 122 valence electrons. The Morgan fingerprint density at radius 3 is 2.13 bits per heavy atom. The van der Waals surface area contributed by atoms with Gasteiger partial charge < -0.3 is 9.84 Å². The first-order chi connectivity index (χ1) is 10.7. The van der Waals surface area contributed by atoms with E-state index in [1.807, 2.05) is 32.9 Å². The van der Waals surface area contributed by atoms with Gasteiger partial charge in [-0.15, -0.1) is 0 Å². The van der Waals surface area contributed by atoms with E-state index in [-0.39, 0.29) is 11.5 Å². The Bertz CT molecular complexity index is 720. The average molecular weight is 314 g/mol. The Morgan fingerprint density at radius 2 is 1.61 bits per heavy atom. The fraction of sp³-hybridized carbons (Fsp3) is 0.368. The predicted molar refractivity (Wildman–Crippen MR) is 88.7 cm³/mol. The van der Waals surface area contributed by atoms with Gasteiger partial charge in [0, 0.05) is 0 Å². The van der Waals surface area contributed by atoms with Gasteiger partial charge in [-0.2, -0.15) is 0 Å². The number of ether oxygens (including phenoxy) is 1.